The summed E-state index contributed by atoms with van der Waals surface area (Å²) in [5.41, 5.74) is 1.36. The number of carbonyl (C=O) groups is 1. The van der Waals surface area contributed by atoms with Crippen LogP contribution in [0.15, 0.2) is 22.7 Å². The third kappa shape index (κ3) is 6.61. The van der Waals surface area contributed by atoms with Gasteiger partial charge >= 0.3 is 6.09 Å². The second-order valence-corrected chi connectivity index (χ2v) is 9.34. The number of ether oxygens (including phenoxy) is 2. The van der Waals surface area contributed by atoms with E-state index in [2.05, 4.69) is 33.0 Å². The lowest BCUT2D eigenvalue weighted by Crippen LogP contribution is -2.38. The molecule has 0 aromatic heterocycles. The number of nitrogens with zero attached hydrogens (tertiary/aromatic N) is 2. The number of halogens is 1. The molecule has 2 saturated heterocycles. The van der Waals surface area contributed by atoms with E-state index in [1.54, 1.807) is 7.11 Å². The fraction of sp³-hybridized carbons (Fsp3) is 0.696. The quantitative estimate of drug-likeness (QED) is 0.568. The molecule has 2 aliphatic heterocycles. The summed E-state index contributed by atoms with van der Waals surface area (Å²) < 4.78 is 11.4. The van der Waals surface area contributed by atoms with Crippen LogP contribution in [0.3, 0.4) is 0 Å². The fourth-order valence-electron chi connectivity index (χ4n) is 4.70. The summed E-state index contributed by atoms with van der Waals surface area (Å²) >= 11 is 3.69. The third-order valence-electron chi connectivity index (χ3n) is 6.60. The number of benzene rings is 1. The van der Waals surface area contributed by atoms with E-state index in [4.69, 9.17) is 9.47 Å². The minimum absolute atomic E-state index is 0.174. The van der Waals surface area contributed by atoms with E-state index in [-0.39, 0.29) is 6.09 Å². The van der Waals surface area contributed by atoms with Gasteiger partial charge in [0.2, 0.25) is 0 Å². The number of amides is 1. The maximum absolute atomic E-state index is 11.6. The summed E-state index contributed by atoms with van der Waals surface area (Å²) in [5.74, 6) is 2.47. The van der Waals surface area contributed by atoms with Crippen molar-refractivity contribution in [1.82, 2.24) is 9.80 Å². The minimum Gasteiger partial charge on any atom is -0.497 e. The molecule has 29 heavy (non-hydrogen) atoms. The van der Waals surface area contributed by atoms with E-state index >= 15 is 0 Å². The maximum Gasteiger partial charge on any atom is 0.409 e. The van der Waals surface area contributed by atoms with Gasteiger partial charge in [-0.2, -0.15) is 0 Å². The first-order valence-corrected chi connectivity index (χ1v) is 11.8. The van der Waals surface area contributed by atoms with Crippen LogP contribution in [0.5, 0.6) is 5.75 Å². The summed E-state index contributed by atoms with van der Waals surface area (Å²) in [6.45, 7) is 5.35. The highest BCUT2D eigenvalue weighted by atomic mass is 79.9. The van der Waals surface area contributed by atoms with Crippen LogP contribution in [-0.2, 0) is 11.2 Å². The van der Waals surface area contributed by atoms with Crippen molar-refractivity contribution in [3.63, 3.8) is 0 Å². The molecule has 2 fully saturated rings. The highest BCUT2D eigenvalue weighted by Gasteiger charge is 2.24. The van der Waals surface area contributed by atoms with Crippen molar-refractivity contribution in [2.24, 2.45) is 11.8 Å². The van der Waals surface area contributed by atoms with Crippen LogP contribution in [0.2, 0.25) is 0 Å². The Labute approximate surface area is 183 Å². The van der Waals surface area contributed by atoms with E-state index in [1.165, 1.54) is 62.5 Å². The topological polar surface area (TPSA) is 42.0 Å². The molecule has 5 nitrogen and oxygen atoms in total. The number of likely N-dealkylation sites (tertiary alicyclic amines) is 2. The fourth-order valence-corrected chi connectivity index (χ4v) is 5.11. The lowest BCUT2D eigenvalue weighted by Gasteiger charge is -2.33. The van der Waals surface area contributed by atoms with Gasteiger partial charge in [0.05, 0.1) is 14.2 Å². The molecule has 0 atom stereocenters. The smallest absolute Gasteiger partial charge is 0.409 e. The second kappa shape index (κ2) is 11.2. The van der Waals surface area contributed by atoms with Crippen LogP contribution in [0, 0.1) is 11.8 Å². The molecule has 0 radical (unpaired) electrons. The SMILES string of the molecule is COC(=O)N1CCC(CCCN2CCC(Cc3cc(OC)ccc3Br)CC2)CC1. The monoisotopic (exact) mass is 466 g/mol. The molecule has 2 aliphatic rings. The summed E-state index contributed by atoms with van der Waals surface area (Å²) in [6.07, 6.45) is 8.30. The molecule has 6 heteroatoms. The predicted molar refractivity (Wildman–Crippen MR) is 119 cm³/mol. The van der Waals surface area contributed by atoms with Crippen molar-refractivity contribution in [3.05, 3.63) is 28.2 Å². The molecular weight excluding hydrogens is 432 g/mol. The maximum atomic E-state index is 11.6. The molecule has 0 N–H and O–H groups in total. The number of hydrogen-bond donors (Lipinski definition) is 0. The normalized spacial score (nSPS) is 19.3. The Morgan fingerprint density at radius 3 is 2.41 bits per heavy atom. The van der Waals surface area contributed by atoms with E-state index in [0.717, 1.165) is 49.9 Å². The second-order valence-electron chi connectivity index (χ2n) is 8.49. The Balaban J connectivity index is 1.32. The van der Waals surface area contributed by atoms with Gasteiger partial charge in [0.15, 0.2) is 0 Å². The van der Waals surface area contributed by atoms with Crippen LogP contribution >= 0.6 is 15.9 Å². The van der Waals surface area contributed by atoms with E-state index in [1.807, 2.05) is 11.0 Å². The van der Waals surface area contributed by atoms with Gasteiger partial charge in [-0.3, -0.25) is 0 Å². The van der Waals surface area contributed by atoms with Crippen molar-refractivity contribution < 1.29 is 14.3 Å². The van der Waals surface area contributed by atoms with Gasteiger partial charge in [0.1, 0.15) is 5.75 Å². The zero-order valence-electron chi connectivity index (χ0n) is 17.9. The van der Waals surface area contributed by atoms with Crippen LogP contribution < -0.4 is 4.74 Å². The van der Waals surface area contributed by atoms with Crippen molar-refractivity contribution in [3.8, 4) is 5.75 Å². The molecule has 0 unspecified atom stereocenters. The van der Waals surface area contributed by atoms with E-state index in [0.29, 0.717) is 0 Å². The van der Waals surface area contributed by atoms with E-state index in [9.17, 15) is 4.79 Å². The molecule has 1 aromatic rings. The molecule has 1 aromatic carbocycles. The Hall–Kier alpha value is -1.27. The molecule has 2 heterocycles. The molecule has 0 aliphatic carbocycles. The number of carbonyl (C=O) groups excluding carboxylic acids is 1. The zero-order valence-corrected chi connectivity index (χ0v) is 19.5. The number of rotatable bonds is 7. The number of piperidine rings is 2. The van der Waals surface area contributed by atoms with Crippen molar-refractivity contribution in [2.45, 2.75) is 44.9 Å². The van der Waals surface area contributed by atoms with Crippen molar-refractivity contribution >= 4 is 22.0 Å². The average molecular weight is 467 g/mol. The van der Waals surface area contributed by atoms with E-state index < -0.39 is 0 Å². The Kier molecular flexibility index (Phi) is 8.67. The molecule has 162 valence electrons. The molecule has 0 saturated carbocycles. The highest BCUT2D eigenvalue weighted by Crippen LogP contribution is 2.29. The van der Waals surface area contributed by atoms with Crippen molar-refractivity contribution in [2.75, 3.05) is 46.9 Å². The van der Waals surface area contributed by atoms with Crippen LogP contribution in [-0.4, -0.2) is 62.8 Å². The lowest BCUT2D eigenvalue weighted by molar-refractivity contribution is 0.103. The van der Waals surface area contributed by atoms with Crippen LogP contribution in [0.1, 0.15) is 44.1 Å². The first kappa shape index (κ1) is 22.4. The largest absolute Gasteiger partial charge is 0.497 e. The molecule has 3 rings (SSSR count). The summed E-state index contributed by atoms with van der Waals surface area (Å²) in [5, 5.41) is 0. The van der Waals surface area contributed by atoms with Gasteiger partial charge in [-0.05, 0) is 100 Å². The van der Waals surface area contributed by atoms with Crippen LogP contribution in [0.4, 0.5) is 4.79 Å². The number of methoxy groups -OCH3 is 2. The molecule has 1 amide bonds. The first-order chi connectivity index (χ1) is 14.1. The Morgan fingerprint density at radius 2 is 1.76 bits per heavy atom. The summed E-state index contributed by atoms with van der Waals surface area (Å²) in [6, 6.07) is 6.27. The number of hydrogen-bond acceptors (Lipinski definition) is 4. The summed E-state index contributed by atoms with van der Waals surface area (Å²) in [7, 11) is 3.20. The minimum atomic E-state index is -0.174. The van der Waals surface area contributed by atoms with Gasteiger partial charge in [0.25, 0.3) is 0 Å². The standard InChI is InChI=1S/C23H35BrN2O3/c1-28-21-5-6-22(24)20(17-21)16-19-7-12-25(13-8-19)11-3-4-18-9-14-26(15-10-18)23(27)29-2/h5-6,17-19H,3-4,7-16H2,1-2H3. The summed E-state index contributed by atoms with van der Waals surface area (Å²) in [4.78, 5) is 16.0. The van der Waals surface area contributed by atoms with Gasteiger partial charge in [0, 0.05) is 17.6 Å². The average Bonchev–Trinajstić information content (AvgIpc) is 2.76. The zero-order chi connectivity index (χ0) is 20.6. The molecule has 0 spiro atoms. The third-order valence-corrected chi connectivity index (χ3v) is 7.38. The van der Waals surface area contributed by atoms with Gasteiger partial charge in [-0.1, -0.05) is 15.9 Å². The lowest BCUT2D eigenvalue weighted by atomic mass is 9.89. The molecule has 0 bridgehead atoms. The first-order valence-electron chi connectivity index (χ1n) is 11.0. The van der Waals surface area contributed by atoms with Gasteiger partial charge in [-0.25, -0.2) is 4.79 Å². The van der Waals surface area contributed by atoms with Gasteiger partial charge in [-0.15, -0.1) is 0 Å². The predicted octanol–water partition coefficient (Wildman–Crippen LogP) is 4.97. The van der Waals surface area contributed by atoms with Gasteiger partial charge < -0.3 is 19.3 Å². The Morgan fingerprint density at radius 1 is 1.07 bits per heavy atom. The molecular formula is C23H35BrN2O3. The Bertz CT molecular complexity index is 654. The van der Waals surface area contributed by atoms with Crippen molar-refractivity contribution in [1.29, 1.82) is 0 Å². The highest BCUT2D eigenvalue weighted by molar-refractivity contribution is 9.10. The van der Waals surface area contributed by atoms with Crippen LogP contribution in [0.25, 0.3) is 0 Å².